The van der Waals surface area contributed by atoms with Crippen LogP contribution in [0.25, 0.3) is 0 Å². The molecule has 0 aromatic heterocycles. The highest BCUT2D eigenvalue weighted by molar-refractivity contribution is 5.76. The summed E-state index contributed by atoms with van der Waals surface area (Å²) in [4.78, 5) is 13.9. The smallest absolute Gasteiger partial charge is 0.222 e. The predicted octanol–water partition coefficient (Wildman–Crippen LogP) is 1.18. The maximum atomic E-state index is 12.0. The van der Waals surface area contributed by atoms with Gasteiger partial charge in [-0.3, -0.25) is 4.79 Å². The van der Waals surface area contributed by atoms with Crippen LogP contribution in [0.4, 0.5) is 0 Å². The van der Waals surface area contributed by atoms with Gasteiger partial charge in [-0.05, 0) is 38.0 Å². The van der Waals surface area contributed by atoms with E-state index in [1.54, 1.807) is 0 Å². The minimum Gasteiger partial charge on any atom is -0.396 e. The molecule has 2 aliphatic heterocycles. The summed E-state index contributed by atoms with van der Waals surface area (Å²) in [5, 5.41) is 9.14. The molecule has 2 fully saturated rings. The van der Waals surface area contributed by atoms with Gasteiger partial charge in [0, 0.05) is 32.7 Å². The molecule has 2 atom stereocenters. The van der Waals surface area contributed by atoms with Crippen LogP contribution in [-0.2, 0) is 9.53 Å². The van der Waals surface area contributed by atoms with Crippen LogP contribution >= 0.6 is 0 Å². The lowest BCUT2D eigenvalue weighted by molar-refractivity contribution is -0.133. The SMILES string of the molecule is O=C(CCC1CCCO1)N1CCCC(CO)C1. The number of nitrogens with zero attached hydrogens (tertiary/aromatic N) is 1. The van der Waals surface area contributed by atoms with E-state index >= 15 is 0 Å². The highest BCUT2D eigenvalue weighted by Crippen LogP contribution is 2.20. The lowest BCUT2D eigenvalue weighted by Gasteiger charge is -2.32. The van der Waals surface area contributed by atoms with Gasteiger partial charge in [0.25, 0.3) is 0 Å². The first-order valence-corrected chi connectivity index (χ1v) is 6.80. The van der Waals surface area contributed by atoms with Crippen LogP contribution in [-0.4, -0.2) is 48.3 Å². The molecule has 0 radical (unpaired) electrons. The molecular formula is C13H23NO3. The van der Waals surface area contributed by atoms with Crippen molar-refractivity contribution < 1.29 is 14.6 Å². The molecule has 98 valence electrons. The number of amides is 1. The molecule has 0 aromatic rings. The van der Waals surface area contributed by atoms with Crippen molar-refractivity contribution in [1.29, 1.82) is 0 Å². The van der Waals surface area contributed by atoms with Gasteiger partial charge in [-0.15, -0.1) is 0 Å². The Morgan fingerprint density at radius 2 is 2.24 bits per heavy atom. The van der Waals surface area contributed by atoms with E-state index in [4.69, 9.17) is 9.84 Å². The average Bonchev–Trinajstić information content (AvgIpc) is 2.89. The zero-order valence-electron chi connectivity index (χ0n) is 10.4. The number of aliphatic hydroxyl groups excluding tert-OH is 1. The molecule has 0 saturated carbocycles. The van der Waals surface area contributed by atoms with Gasteiger partial charge in [-0.1, -0.05) is 0 Å². The van der Waals surface area contributed by atoms with Crippen LogP contribution in [0.1, 0.15) is 38.5 Å². The largest absolute Gasteiger partial charge is 0.396 e. The first-order valence-electron chi connectivity index (χ1n) is 6.80. The first kappa shape index (κ1) is 12.8. The van der Waals surface area contributed by atoms with Crippen molar-refractivity contribution in [1.82, 2.24) is 4.90 Å². The van der Waals surface area contributed by atoms with E-state index in [9.17, 15) is 4.79 Å². The molecule has 4 nitrogen and oxygen atoms in total. The van der Waals surface area contributed by atoms with Crippen molar-refractivity contribution in [3.63, 3.8) is 0 Å². The molecule has 0 bridgehead atoms. The number of rotatable bonds is 4. The number of ether oxygens (including phenoxy) is 1. The Morgan fingerprint density at radius 3 is 2.94 bits per heavy atom. The van der Waals surface area contributed by atoms with Crippen LogP contribution in [0.3, 0.4) is 0 Å². The first-order chi connectivity index (χ1) is 8.29. The quantitative estimate of drug-likeness (QED) is 0.804. The van der Waals surface area contributed by atoms with Crippen molar-refractivity contribution in [2.75, 3.05) is 26.3 Å². The number of carbonyl (C=O) groups excluding carboxylic acids is 1. The highest BCUT2D eigenvalue weighted by Gasteiger charge is 2.24. The molecular weight excluding hydrogens is 218 g/mol. The molecule has 0 aliphatic carbocycles. The molecule has 2 unspecified atom stereocenters. The topological polar surface area (TPSA) is 49.8 Å². The zero-order valence-corrected chi connectivity index (χ0v) is 10.4. The van der Waals surface area contributed by atoms with Crippen LogP contribution in [0.15, 0.2) is 0 Å². The third kappa shape index (κ3) is 3.68. The highest BCUT2D eigenvalue weighted by atomic mass is 16.5. The van der Waals surface area contributed by atoms with Gasteiger partial charge in [0.05, 0.1) is 6.10 Å². The Balaban J connectivity index is 1.71. The van der Waals surface area contributed by atoms with Gasteiger partial charge in [0.15, 0.2) is 0 Å². The van der Waals surface area contributed by atoms with Crippen molar-refractivity contribution in [2.24, 2.45) is 5.92 Å². The van der Waals surface area contributed by atoms with E-state index in [0.717, 1.165) is 51.8 Å². The Labute approximate surface area is 103 Å². The van der Waals surface area contributed by atoms with E-state index in [1.807, 2.05) is 4.90 Å². The van der Waals surface area contributed by atoms with Gasteiger partial charge >= 0.3 is 0 Å². The Bertz CT molecular complexity index is 251. The van der Waals surface area contributed by atoms with E-state index < -0.39 is 0 Å². The summed E-state index contributed by atoms with van der Waals surface area (Å²) in [5.74, 6) is 0.522. The number of aliphatic hydroxyl groups is 1. The molecule has 2 aliphatic rings. The van der Waals surface area contributed by atoms with E-state index in [-0.39, 0.29) is 18.4 Å². The Kier molecular flexibility index (Phi) is 4.80. The van der Waals surface area contributed by atoms with Gasteiger partial charge in [-0.25, -0.2) is 0 Å². The van der Waals surface area contributed by atoms with Crippen molar-refractivity contribution in [3.05, 3.63) is 0 Å². The second kappa shape index (κ2) is 6.36. The summed E-state index contributed by atoms with van der Waals surface area (Å²) < 4.78 is 5.52. The van der Waals surface area contributed by atoms with Crippen LogP contribution in [0, 0.1) is 5.92 Å². The third-order valence-corrected chi connectivity index (χ3v) is 3.83. The third-order valence-electron chi connectivity index (χ3n) is 3.83. The van der Waals surface area contributed by atoms with E-state index in [2.05, 4.69) is 0 Å². The average molecular weight is 241 g/mol. The maximum Gasteiger partial charge on any atom is 0.222 e. The summed E-state index contributed by atoms with van der Waals surface area (Å²) in [6.07, 6.45) is 6.07. The molecule has 17 heavy (non-hydrogen) atoms. The van der Waals surface area contributed by atoms with Crippen LogP contribution < -0.4 is 0 Å². The Hall–Kier alpha value is -0.610. The molecule has 1 N–H and O–H groups in total. The fourth-order valence-corrected chi connectivity index (χ4v) is 2.76. The minimum atomic E-state index is 0.204. The Morgan fingerprint density at radius 1 is 1.35 bits per heavy atom. The predicted molar refractivity (Wildman–Crippen MR) is 64.6 cm³/mol. The number of piperidine rings is 1. The van der Waals surface area contributed by atoms with Gasteiger partial charge in [0.1, 0.15) is 0 Å². The van der Waals surface area contributed by atoms with Crippen molar-refractivity contribution >= 4 is 5.91 Å². The molecule has 2 heterocycles. The van der Waals surface area contributed by atoms with Gasteiger partial charge in [-0.2, -0.15) is 0 Å². The normalized spacial score (nSPS) is 29.6. The molecule has 0 aromatic carbocycles. The number of hydrogen-bond acceptors (Lipinski definition) is 3. The van der Waals surface area contributed by atoms with E-state index in [0.29, 0.717) is 12.5 Å². The zero-order chi connectivity index (χ0) is 12.1. The summed E-state index contributed by atoms with van der Waals surface area (Å²) in [6, 6.07) is 0. The number of likely N-dealkylation sites (tertiary alicyclic amines) is 1. The summed E-state index contributed by atoms with van der Waals surface area (Å²) in [5.41, 5.74) is 0. The minimum absolute atomic E-state index is 0.204. The molecule has 1 amide bonds. The molecule has 0 spiro atoms. The fraction of sp³-hybridized carbons (Fsp3) is 0.923. The van der Waals surface area contributed by atoms with Crippen molar-refractivity contribution in [3.8, 4) is 0 Å². The molecule has 2 rings (SSSR count). The fourth-order valence-electron chi connectivity index (χ4n) is 2.76. The second-order valence-electron chi connectivity index (χ2n) is 5.20. The monoisotopic (exact) mass is 241 g/mol. The van der Waals surface area contributed by atoms with Crippen molar-refractivity contribution in [2.45, 2.75) is 44.6 Å². The van der Waals surface area contributed by atoms with E-state index in [1.165, 1.54) is 0 Å². The van der Waals surface area contributed by atoms with Crippen LogP contribution in [0.5, 0.6) is 0 Å². The van der Waals surface area contributed by atoms with Crippen LogP contribution in [0.2, 0.25) is 0 Å². The molecule has 4 heteroatoms. The lowest BCUT2D eigenvalue weighted by atomic mass is 9.98. The molecule has 2 saturated heterocycles. The lowest BCUT2D eigenvalue weighted by Crippen LogP contribution is -2.41. The summed E-state index contributed by atoms with van der Waals surface area (Å²) >= 11 is 0. The number of hydrogen-bond donors (Lipinski definition) is 1. The summed E-state index contributed by atoms with van der Waals surface area (Å²) in [7, 11) is 0. The summed E-state index contributed by atoms with van der Waals surface area (Å²) in [6.45, 7) is 2.66. The standard InChI is InChI=1S/C13H23NO3/c15-10-11-3-1-7-14(9-11)13(16)6-5-12-4-2-8-17-12/h11-12,15H,1-10H2. The number of carbonyl (C=O) groups is 1. The second-order valence-corrected chi connectivity index (χ2v) is 5.20. The maximum absolute atomic E-state index is 12.0. The van der Waals surface area contributed by atoms with Gasteiger partial charge in [0.2, 0.25) is 5.91 Å². The van der Waals surface area contributed by atoms with Gasteiger partial charge < -0.3 is 14.7 Å².